The maximum absolute atomic E-state index is 5.95. The van der Waals surface area contributed by atoms with Gasteiger partial charge >= 0.3 is 0 Å². The van der Waals surface area contributed by atoms with E-state index in [4.69, 9.17) is 27.5 Å². The highest BCUT2D eigenvalue weighted by Gasteiger charge is 2.10. The predicted molar refractivity (Wildman–Crippen MR) is 61.7 cm³/mol. The van der Waals surface area contributed by atoms with E-state index in [2.05, 4.69) is 5.92 Å². The highest BCUT2D eigenvalue weighted by molar-refractivity contribution is 6.30. The van der Waals surface area contributed by atoms with Gasteiger partial charge in [-0.1, -0.05) is 11.6 Å². The number of rotatable bonds is 4. The largest absolute Gasteiger partial charge is 0.493 e. The lowest BCUT2D eigenvalue weighted by Gasteiger charge is -2.12. The molecule has 0 fully saturated rings. The third-order valence-corrected chi connectivity index (χ3v) is 2.28. The number of benzene rings is 1. The van der Waals surface area contributed by atoms with Crippen LogP contribution >= 0.6 is 11.6 Å². The minimum Gasteiger partial charge on any atom is -0.493 e. The summed E-state index contributed by atoms with van der Waals surface area (Å²) < 4.78 is 10.4. The number of aryl methyl sites for hydroxylation is 1. The van der Waals surface area contributed by atoms with Gasteiger partial charge in [-0.15, -0.1) is 12.3 Å². The molecule has 0 spiro atoms. The zero-order valence-corrected chi connectivity index (χ0v) is 9.60. The van der Waals surface area contributed by atoms with E-state index in [0.717, 1.165) is 12.0 Å². The van der Waals surface area contributed by atoms with Gasteiger partial charge in [-0.2, -0.15) is 0 Å². The lowest BCUT2D eigenvalue weighted by atomic mass is 10.1. The summed E-state index contributed by atoms with van der Waals surface area (Å²) in [6.07, 6.45) is 6.61. The molecular weight excluding hydrogens is 212 g/mol. The van der Waals surface area contributed by atoms with Crippen LogP contribution in [0.1, 0.15) is 12.0 Å². The predicted octanol–water partition coefficient (Wildman–Crippen LogP) is 2.92. The second kappa shape index (κ2) is 5.53. The molecule has 0 N–H and O–H groups in total. The first-order chi connectivity index (χ1) is 7.22. The summed E-state index contributed by atoms with van der Waals surface area (Å²) in [5.41, 5.74) is 0.972. The molecule has 1 aromatic carbocycles. The van der Waals surface area contributed by atoms with Crippen molar-refractivity contribution in [3.05, 3.63) is 22.7 Å². The van der Waals surface area contributed by atoms with Gasteiger partial charge in [-0.3, -0.25) is 0 Å². The van der Waals surface area contributed by atoms with Crippen LogP contribution < -0.4 is 9.47 Å². The maximum atomic E-state index is 5.95. The van der Waals surface area contributed by atoms with E-state index >= 15 is 0 Å². The zero-order valence-electron chi connectivity index (χ0n) is 8.84. The van der Waals surface area contributed by atoms with Crippen molar-refractivity contribution in [3.8, 4) is 23.8 Å². The quantitative estimate of drug-likeness (QED) is 0.733. The molecule has 0 unspecified atom stereocenters. The Morgan fingerprint density at radius 3 is 2.60 bits per heavy atom. The van der Waals surface area contributed by atoms with Crippen LogP contribution in [-0.4, -0.2) is 14.2 Å². The van der Waals surface area contributed by atoms with Crippen LogP contribution in [0.5, 0.6) is 11.5 Å². The summed E-state index contributed by atoms with van der Waals surface area (Å²) in [4.78, 5) is 0. The van der Waals surface area contributed by atoms with E-state index in [1.807, 2.05) is 6.07 Å². The van der Waals surface area contributed by atoms with Gasteiger partial charge in [0.25, 0.3) is 0 Å². The molecule has 0 heterocycles. The van der Waals surface area contributed by atoms with Gasteiger partial charge in [0.2, 0.25) is 0 Å². The minimum atomic E-state index is 0.625. The zero-order chi connectivity index (χ0) is 11.3. The van der Waals surface area contributed by atoms with Crippen molar-refractivity contribution < 1.29 is 9.47 Å². The molecule has 3 heteroatoms. The van der Waals surface area contributed by atoms with E-state index in [9.17, 15) is 0 Å². The van der Waals surface area contributed by atoms with Crippen LogP contribution in [-0.2, 0) is 6.42 Å². The van der Waals surface area contributed by atoms with Crippen molar-refractivity contribution in [2.24, 2.45) is 0 Å². The average Bonchev–Trinajstić information content (AvgIpc) is 2.25. The van der Waals surface area contributed by atoms with Gasteiger partial charge in [0.05, 0.1) is 14.2 Å². The number of terminal acetylenes is 1. The van der Waals surface area contributed by atoms with Crippen LogP contribution in [0.2, 0.25) is 5.02 Å². The second-order valence-electron chi connectivity index (χ2n) is 3.00. The first-order valence-electron chi connectivity index (χ1n) is 4.56. The Morgan fingerprint density at radius 1 is 1.33 bits per heavy atom. The molecule has 0 aliphatic heterocycles. The van der Waals surface area contributed by atoms with Gasteiger partial charge in [0.1, 0.15) is 0 Å². The van der Waals surface area contributed by atoms with Gasteiger partial charge in [-0.05, 0) is 12.5 Å². The van der Waals surface area contributed by atoms with E-state index in [-0.39, 0.29) is 0 Å². The number of halogens is 1. The molecule has 0 atom stereocenters. The van der Waals surface area contributed by atoms with E-state index in [1.54, 1.807) is 20.3 Å². The second-order valence-corrected chi connectivity index (χ2v) is 3.44. The molecule has 2 nitrogen and oxygen atoms in total. The Morgan fingerprint density at radius 2 is 2.07 bits per heavy atom. The Balaban J connectivity index is 3.11. The highest BCUT2D eigenvalue weighted by atomic mass is 35.5. The van der Waals surface area contributed by atoms with E-state index < -0.39 is 0 Å². The van der Waals surface area contributed by atoms with Crippen LogP contribution in [0.15, 0.2) is 12.1 Å². The summed E-state index contributed by atoms with van der Waals surface area (Å²) in [7, 11) is 3.18. The molecule has 1 rings (SSSR count). The fourth-order valence-corrected chi connectivity index (χ4v) is 1.63. The Bertz CT molecular complexity index is 380. The molecule has 0 bridgehead atoms. The van der Waals surface area contributed by atoms with Crippen molar-refractivity contribution in [3.63, 3.8) is 0 Å². The van der Waals surface area contributed by atoms with Crippen molar-refractivity contribution in [2.45, 2.75) is 12.8 Å². The molecule has 0 aromatic heterocycles. The molecular formula is C12H13ClO2. The van der Waals surface area contributed by atoms with Crippen LogP contribution in [0, 0.1) is 12.3 Å². The standard InChI is InChI=1S/C12H13ClO2/c1-4-5-6-9-7-10(13)8-11(14-2)12(9)15-3/h1,7-8H,5-6H2,2-3H3. The number of methoxy groups -OCH3 is 2. The van der Waals surface area contributed by atoms with Crippen molar-refractivity contribution in [2.75, 3.05) is 14.2 Å². The van der Waals surface area contributed by atoms with Crippen LogP contribution in [0.4, 0.5) is 0 Å². The van der Waals surface area contributed by atoms with Crippen molar-refractivity contribution in [1.29, 1.82) is 0 Å². The molecule has 0 amide bonds. The Kier molecular flexibility index (Phi) is 4.33. The minimum absolute atomic E-state index is 0.625. The smallest absolute Gasteiger partial charge is 0.164 e. The molecule has 0 saturated heterocycles. The molecule has 0 radical (unpaired) electrons. The number of ether oxygens (including phenoxy) is 2. The van der Waals surface area contributed by atoms with Gasteiger partial charge < -0.3 is 9.47 Å². The van der Waals surface area contributed by atoms with Gasteiger partial charge in [0, 0.05) is 23.1 Å². The molecule has 80 valence electrons. The first kappa shape index (κ1) is 11.7. The summed E-state index contributed by atoms with van der Waals surface area (Å²) in [5, 5.41) is 0.625. The molecule has 15 heavy (non-hydrogen) atoms. The topological polar surface area (TPSA) is 18.5 Å². The highest BCUT2D eigenvalue weighted by Crippen LogP contribution is 2.34. The summed E-state index contributed by atoms with van der Waals surface area (Å²) in [6.45, 7) is 0. The van der Waals surface area contributed by atoms with Crippen molar-refractivity contribution >= 4 is 11.6 Å². The maximum Gasteiger partial charge on any atom is 0.164 e. The normalized spacial score (nSPS) is 9.47. The number of hydrogen-bond donors (Lipinski definition) is 0. The molecule has 0 saturated carbocycles. The third-order valence-electron chi connectivity index (χ3n) is 2.06. The summed E-state index contributed by atoms with van der Waals surface area (Å²) in [5.74, 6) is 3.93. The SMILES string of the molecule is C#CCCc1cc(Cl)cc(OC)c1OC. The van der Waals surface area contributed by atoms with Crippen LogP contribution in [0.3, 0.4) is 0 Å². The van der Waals surface area contributed by atoms with Gasteiger partial charge in [0.15, 0.2) is 11.5 Å². The molecule has 0 aliphatic carbocycles. The summed E-state index contributed by atoms with van der Waals surface area (Å²) in [6, 6.07) is 3.57. The number of hydrogen-bond acceptors (Lipinski definition) is 2. The van der Waals surface area contributed by atoms with E-state index in [1.165, 1.54) is 0 Å². The fraction of sp³-hybridized carbons (Fsp3) is 0.333. The Labute approximate surface area is 95.2 Å². The molecule has 1 aromatic rings. The lowest BCUT2D eigenvalue weighted by Crippen LogP contribution is -1.96. The molecule has 0 aliphatic rings. The third kappa shape index (κ3) is 2.81. The summed E-state index contributed by atoms with van der Waals surface area (Å²) >= 11 is 5.95. The average molecular weight is 225 g/mol. The van der Waals surface area contributed by atoms with E-state index in [0.29, 0.717) is 22.9 Å². The monoisotopic (exact) mass is 224 g/mol. The van der Waals surface area contributed by atoms with Gasteiger partial charge in [-0.25, -0.2) is 0 Å². The Hall–Kier alpha value is -1.33. The van der Waals surface area contributed by atoms with Crippen LogP contribution in [0.25, 0.3) is 0 Å². The fourth-order valence-electron chi connectivity index (χ4n) is 1.40. The van der Waals surface area contributed by atoms with Crippen molar-refractivity contribution in [1.82, 2.24) is 0 Å². The first-order valence-corrected chi connectivity index (χ1v) is 4.94. The lowest BCUT2D eigenvalue weighted by molar-refractivity contribution is 0.352.